The predicted molar refractivity (Wildman–Crippen MR) is 69.7 cm³/mol. The predicted octanol–water partition coefficient (Wildman–Crippen LogP) is 0.502. The highest BCUT2D eigenvalue weighted by Crippen LogP contribution is 2.25. The summed E-state index contributed by atoms with van der Waals surface area (Å²) in [5.74, 6) is 0.638. The standard InChI is InChI=1S/C12H19N5O/c1-12(18)4-2-7-17(8-5-12)11-9(10(13)14)3-6-15-16-11/h3,6,18H,2,4-5,7-8H2,1H3,(H3,13,14). The summed E-state index contributed by atoms with van der Waals surface area (Å²) in [5, 5.41) is 25.6. The summed E-state index contributed by atoms with van der Waals surface area (Å²) >= 11 is 0. The number of nitrogens with one attached hydrogen (secondary N) is 1. The molecule has 6 heteroatoms. The fourth-order valence-electron chi connectivity index (χ4n) is 2.24. The van der Waals surface area contributed by atoms with Crippen LogP contribution in [0.2, 0.25) is 0 Å². The molecule has 0 radical (unpaired) electrons. The molecule has 0 saturated carbocycles. The zero-order valence-electron chi connectivity index (χ0n) is 10.6. The van der Waals surface area contributed by atoms with Crippen LogP contribution in [0.5, 0.6) is 0 Å². The Morgan fingerprint density at radius 2 is 2.28 bits per heavy atom. The number of amidine groups is 1. The molecule has 18 heavy (non-hydrogen) atoms. The van der Waals surface area contributed by atoms with E-state index in [0.29, 0.717) is 24.3 Å². The molecule has 1 aliphatic rings. The van der Waals surface area contributed by atoms with Crippen molar-refractivity contribution in [1.29, 1.82) is 5.41 Å². The summed E-state index contributed by atoms with van der Waals surface area (Å²) in [6.45, 7) is 3.36. The zero-order chi connectivity index (χ0) is 13.2. The van der Waals surface area contributed by atoms with Crippen molar-refractivity contribution in [1.82, 2.24) is 10.2 Å². The number of hydrogen-bond acceptors (Lipinski definition) is 5. The maximum Gasteiger partial charge on any atom is 0.162 e. The average molecular weight is 249 g/mol. The largest absolute Gasteiger partial charge is 0.390 e. The molecule has 0 aliphatic carbocycles. The van der Waals surface area contributed by atoms with Crippen LogP contribution in [0.4, 0.5) is 5.82 Å². The van der Waals surface area contributed by atoms with Crippen LogP contribution in [0.15, 0.2) is 12.3 Å². The van der Waals surface area contributed by atoms with Gasteiger partial charge in [-0.3, -0.25) is 5.41 Å². The van der Waals surface area contributed by atoms with Gasteiger partial charge in [0.2, 0.25) is 0 Å². The number of nitrogen functional groups attached to an aromatic ring is 1. The van der Waals surface area contributed by atoms with E-state index in [9.17, 15) is 5.11 Å². The van der Waals surface area contributed by atoms with Gasteiger partial charge >= 0.3 is 0 Å². The molecule has 6 nitrogen and oxygen atoms in total. The van der Waals surface area contributed by atoms with Gasteiger partial charge in [0.1, 0.15) is 5.84 Å². The van der Waals surface area contributed by atoms with E-state index in [4.69, 9.17) is 11.1 Å². The molecule has 1 aromatic rings. The summed E-state index contributed by atoms with van der Waals surface area (Å²) in [5.41, 5.74) is 5.54. The van der Waals surface area contributed by atoms with Gasteiger partial charge in [-0.2, -0.15) is 5.10 Å². The highest BCUT2D eigenvalue weighted by molar-refractivity contribution is 5.99. The van der Waals surface area contributed by atoms with Gasteiger partial charge in [-0.25, -0.2) is 0 Å². The highest BCUT2D eigenvalue weighted by atomic mass is 16.3. The van der Waals surface area contributed by atoms with Crippen molar-refractivity contribution in [2.24, 2.45) is 5.73 Å². The summed E-state index contributed by atoms with van der Waals surface area (Å²) in [6, 6.07) is 1.70. The topological polar surface area (TPSA) is 99.1 Å². The lowest BCUT2D eigenvalue weighted by molar-refractivity contribution is 0.0481. The third-order valence-corrected chi connectivity index (χ3v) is 3.35. The second-order valence-corrected chi connectivity index (χ2v) is 5.02. The minimum atomic E-state index is -0.618. The molecule has 2 rings (SSSR count). The van der Waals surface area contributed by atoms with E-state index in [2.05, 4.69) is 10.2 Å². The number of aliphatic hydroxyl groups is 1. The summed E-state index contributed by atoms with van der Waals surface area (Å²) in [7, 11) is 0. The summed E-state index contributed by atoms with van der Waals surface area (Å²) < 4.78 is 0. The molecule has 1 aromatic heterocycles. The average Bonchev–Trinajstić information content (AvgIpc) is 2.50. The molecule has 0 amide bonds. The molecule has 0 bridgehead atoms. The SMILES string of the molecule is CC1(O)CCCN(c2nnccc2C(=N)N)CC1. The van der Waals surface area contributed by atoms with Crippen molar-refractivity contribution in [3.05, 3.63) is 17.8 Å². The van der Waals surface area contributed by atoms with Gasteiger partial charge in [-0.1, -0.05) is 0 Å². The normalized spacial score (nSPS) is 24.7. The Morgan fingerprint density at radius 3 is 3.00 bits per heavy atom. The van der Waals surface area contributed by atoms with Crippen LogP contribution >= 0.6 is 0 Å². The monoisotopic (exact) mass is 249 g/mol. The lowest BCUT2D eigenvalue weighted by atomic mass is 9.98. The van der Waals surface area contributed by atoms with Gasteiger partial charge in [0.05, 0.1) is 17.4 Å². The Morgan fingerprint density at radius 1 is 1.50 bits per heavy atom. The number of nitrogens with two attached hydrogens (primary N) is 1. The Balaban J connectivity index is 2.24. The van der Waals surface area contributed by atoms with Crippen LogP contribution in [0, 0.1) is 5.41 Å². The van der Waals surface area contributed by atoms with Crippen LogP contribution in [-0.2, 0) is 0 Å². The smallest absolute Gasteiger partial charge is 0.162 e. The number of nitrogens with zero attached hydrogens (tertiary/aromatic N) is 3. The molecule has 1 unspecified atom stereocenters. The van der Waals surface area contributed by atoms with E-state index in [1.54, 1.807) is 6.07 Å². The molecule has 1 atom stereocenters. The van der Waals surface area contributed by atoms with Gasteiger partial charge in [-0.05, 0) is 32.3 Å². The second kappa shape index (κ2) is 4.89. The zero-order valence-corrected chi connectivity index (χ0v) is 10.6. The van der Waals surface area contributed by atoms with Crippen molar-refractivity contribution in [3.8, 4) is 0 Å². The van der Waals surface area contributed by atoms with Crippen molar-refractivity contribution in [3.63, 3.8) is 0 Å². The molecule has 1 fully saturated rings. The number of anilines is 1. The maximum atomic E-state index is 10.1. The summed E-state index contributed by atoms with van der Waals surface area (Å²) in [6.07, 6.45) is 3.88. The van der Waals surface area contributed by atoms with Crippen LogP contribution in [0.1, 0.15) is 31.7 Å². The molecule has 1 aliphatic heterocycles. The first-order valence-corrected chi connectivity index (χ1v) is 6.13. The third kappa shape index (κ3) is 2.76. The quantitative estimate of drug-likeness (QED) is 0.523. The molecule has 1 saturated heterocycles. The molecular weight excluding hydrogens is 230 g/mol. The van der Waals surface area contributed by atoms with Crippen LogP contribution < -0.4 is 10.6 Å². The molecule has 0 aromatic carbocycles. The molecular formula is C12H19N5O. The highest BCUT2D eigenvalue weighted by Gasteiger charge is 2.26. The first-order valence-electron chi connectivity index (χ1n) is 6.13. The van der Waals surface area contributed by atoms with Crippen LogP contribution in [0.3, 0.4) is 0 Å². The first kappa shape index (κ1) is 12.8. The molecule has 98 valence electrons. The van der Waals surface area contributed by atoms with Gasteiger partial charge in [-0.15, -0.1) is 5.10 Å². The number of rotatable bonds is 2. The van der Waals surface area contributed by atoms with Crippen molar-refractivity contribution < 1.29 is 5.11 Å². The maximum absolute atomic E-state index is 10.1. The number of hydrogen-bond donors (Lipinski definition) is 3. The van der Waals surface area contributed by atoms with E-state index in [1.807, 2.05) is 11.8 Å². The van der Waals surface area contributed by atoms with Gasteiger partial charge in [0.15, 0.2) is 5.82 Å². The fraction of sp³-hybridized carbons (Fsp3) is 0.583. The Kier molecular flexibility index (Phi) is 3.47. The van der Waals surface area contributed by atoms with Crippen LogP contribution in [-0.4, -0.2) is 39.8 Å². The van der Waals surface area contributed by atoms with Crippen molar-refractivity contribution >= 4 is 11.7 Å². The summed E-state index contributed by atoms with van der Waals surface area (Å²) in [4.78, 5) is 2.05. The lowest BCUT2D eigenvalue weighted by Crippen LogP contribution is -2.31. The third-order valence-electron chi connectivity index (χ3n) is 3.35. The minimum Gasteiger partial charge on any atom is -0.390 e. The van der Waals surface area contributed by atoms with E-state index < -0.39 is 5.60 Å². The Bertz CT molecular complexity index is 446. The molecule has 0 spiro atoms. The second-order valence-electron chi connectivity index (χ2n) is 5.02. The minimum absolute atomic E-state index is 0.00379. The lowest BCUT2D eigenvalue weighted by Gasteiger charge is -2.24. The van der Waals surface area contributed by atoms with E-state index in [0.717, 1.165) is 19.4 Å². The molecule has 4 N–H and O–H groups in total. The number of aromatic nitrogens is 2. The molecule has 2 heterocycles. The van der Waals surface area contributed by atoms with Crippen LogP contribution in [0.25, 0.3) is 0 Å². The van der Waals surface area contributed by atoms with Gasteiger partial charge < -0.3 is 15.7 Å². The van der Waals surface area contributed by atoms with E-state index in [1.165, 1.54) is 6.20 Å². The van der Waals surface area contributed by atoms with Gasteiger partial charge in [0.25, 0.3) is 0 Å². The Hall–Kier alpha value is -1.69. The van der Waals surface area contributed by atoms with E-state index >= 15 is 0 Å². The Labute approximate surface area is 106 Å². The fourth-order valence-corrected chi connectivity index (χ4v) is 2.24. The van der Waals surface area contributed by atoms with Crippen molar-refractivity contribution in [2.75, 3.05) is 18.0 Å². The van der Waals surface area contributed by atoms with Crippen molar-refractivity contribution in [2.45, 2.75) is 31.8 Å². The van der Waals surface area contributed by atoms with E-state index in [-0.39, 0.29) is 5.84 Å². The first-order chi connectivity index (χ1) is 8.49. The van der Waals surface area contributed by atoms with Gasteiger partial charge in [0, 0.05) is 13.1 Å².